The van der Waals surface area contributed by atoms with E-state index in [4.69, 9.17) is 0 Å². The molecule has 4 aliphatic rings. The number of rotatable bonds is 4. The Bertz CT molecular complexity index is 429. The maximum Gasteiger partial charge on any atom is 0.236 e. The molecule has 0 radical (unpaired) electrons. The van der Waals surface area contributed by atoms with E-state index in [0.717, 1.165) is 51.4 Å². The predicted molar refractivity (Wildman–Crippen MR) is 101 cm³/mol. The van der Waals surface area contributed by atoms with Crippen molar-refractivity contribution >= 4 is 5.91 Å². The van der Waals surface area contributed by atoms with Crippen LogP contribution in [-0.2, 0) is 4.79 Å². The van der Waals surface area contributed by atoms with Gasteiger partial charge < -0.3 is 9.80 Å². The Morgan fingerprint density at radius 2 is 1.20 bits per heavy atom. The Morgan fingerprint density at radius 3 is 1.84 bits per heavy atom. The molecule has 3 aliphatic heterocycles. The van der Waals surface area contributed by atoms with Gasteiger partial charge in [0.25, 0.3) is 0 Å². The fourth-order valence-corrected chi connectivity index (χ4v) is 5.45. The molecule has 0 atom stereocenters. The second-order valence-electron chi connectivity index (χ2n) is 8.61. The number of piperidine rings is 1. The highest BCUT2D eigenvalue weighted by molar-refractivity contribution is 5.78. The maximum absolute atomic E-state index is 12.7. The van der Waals surface area contributed by atoms with Gasteiger partial charge in [0, 0.05) is 51.4 Å². The Morgan fingerprint density at radius 1 is 0.640 bits per heavy atom. The molecule has 4 rings (SSSR count). The molecular formula is C20H36N4O. The van der Waals surface area contributed by atoms with E-state index < -0.39 is 0 Å². The molecular weight excluding hydrogens is 312 g/mol. The topological polar surface area (TPSA) is 30.0 Å². The van der Waals surface area contributed by atoms with E-state index in [2.05, 4.69) is 19.6 Å². The summed E-state index contributed by atoms with van der Waals surface area (Å²) in [4.78, 5) is 22.5. The first-order valence-electron chi connectivity index (χ1n) is 10.8. The fourth-order valence-electron chi connectivity index (χ4n) is 5.45. The van der Waals surface area contributed by atoms with Crippen molar-refractivity contribution in [2.45, 2.75) is 63.5 Å². The summed E-state index contributed by atoms with van der Waals surface area (Å²) in [6.45, 7) is 9.53. The lowest BCUT2D eigenvalue weighted by Gasteiger charge is -2.40. The van der Waals surface area contributed by atoms with Gasteiger partial charge in [-0.2, -0.15) is 0 Å². The number of hydrogen-bond acceptors (Lipinski definition) is 4. The van der Waals surface area contributed by atoms with E-state index in [0.29, 0.717) is 12.5 Å². The zero-order chi connectivity index (χ0) is 17.1. The van der Waals surface area contributed by atoms with E-state index >= 15 is 0 Å². The molecule has 0 spiro atoms. The largest absolute Gasteiger partial charge is 0.339 e. The summed E-state index contributed by atoms with van der Waals surface area (Å²) in [7, 11) is 0. The van der Waals surface area contributed by atoms with Crippen LogP contribution in [0.15, 0.2) is 0 Å². The van der Waals surface area contributed by atoms with E-state index in [-0.39, 0.29) is 0 Å². The average molecular weight is 349 g/mol. The molecule has 0 aromatic carbocycles. The van der Waals surface area contributed by atoms with Crippen LogP contribution in [0.25, 0.3) is 0 Å². The highest BCUT2D eigenvalue weighted by Gasteiger charge is 2.30. The van der Waals surface area contributed by atoms with Gasteiger partial charge in [0.2, 0.25) is 5.91 Å². The van der Waals surface area contributed by atoms with Crippen LogP contribution in [0.2, 0.25) is 0 Å². The SMILES string of the molecule is O=C(CN1CCC(N2CCCC2)CC1)N1CCN(C2CCCC2)CC1. The third kappa shape index (κ3) is 4.37. The summed E-state index contributed by atoms with van der Waals surface area (Å²) >= 11 is 0. The molecule has 5 nitrogen and oxygen atoms in total. The molecule has 1 saturated carbocycles. The lowest BCUT2D eigenvalue weighted by atomic mass is 10.0. The minimum Gasteiger partial charge on any atom is -0.339 e. The molecule has 4 fully saturated rings. The standard InChI is InChI=1S/C20H36N4O/c25-20(24-15-13-23(14-16-24)18-5-1-2-6-18)17-21-11-7-19(8-12-21)22-9-3-4-10-22/h18-19H,1-17H2. The molecule has 3 heterocycles. The Hall–Kier alpha value is -0.650. The van der Waals surface area contributed by atoms with Crippen molar-refractivity contribution in [3.05, 3.63) is 0 Å². The number of hydrogen-bond donors (Lipinski definition) is 0. The van der Waals surface area contributed by atoms with Crippen molar-refractivity contribution < 1.29 is 4.79 Å². The van der Waals surface area contributed by atoms with Crippen molar-refractivity contribution in [1.29, 1.82) is 0 Å². The van der Waals surface area contributed by atoms with Crippen LogP contribution in [0.3, 0.4) is 0 Å². The van der Waals surface area contributed by atoms with Crippen LogP contribution >= 0.6 is 0 Å². The molecule has 25 heavy (non-hydrogen) atoms. The second-order valence-corrected chi connectivity index (χ2v) is 8.61. The van der Waals surface area contributed by atoms with Gasteiger partial charge in [0.1, 0.15) is 0 Å². The number of amides is 1. The van der Waals surface area contributed by atoms with Gasteiger partial charge in [-0.05, 0) is 51.6 Å². The second kappa shape index (κ2) is 8.36. The molecule has 0 bridgehead atoms. The van der Waals surface area contributed by atoms with Gasteiger partial charge in [-0.1, -0.05) is 12.8 Å². The lowest BCUT2D eigenvalue weighted by molar-refractivity contribution is -0.134. The molecule has 0 N–H and O–H groups in total. The average Bonchev–Trinajstić information content (AvgIpc) is 3.36. The number of carbonyl (C=O) groups excluding carboxylic acids is 1. The van der Waals surface area contributed by atoms with E-state index in [9.17, 15) is 4.79 Å². The summed E-state index contributed by atoms with van der Waals surface area (Å²) in [6, 6.07) is 1.59. The van der Waals surface area contributed by atoms with Crippen LogP contribution in [0.4, 0.5) is 0 Å². The van der Waals surface area contributed by atoms with Gasteiger partial charge in [-0.25, -0.2) is 0 Å². The molecule has 0 aromatic heterocycles. The number of nitrogens with zero attached hydrogens (tertiary/aromatic N) is 4. The molecule has 5 heteroatoms. The van der Waals surface area contributed by atoms with Gasteiger partial charge in [-0.15, -0.1) is 0 Å². The van der Waals surface area contributed by atoms with Crippen molar-refractivity contribution in [3.8, 4) is 0 Å². The molecule has 1 aliphatic carbocycles. The van der Waals surface area contributed by atoms with Gasteiger partial charge in [-0.3, -0.25) is 14.6 Å². The first-order valence-corrected chi connectivity index (χ1v) is 10.8. The van der Waals surface area contributed by atoms with Crippen LogP contribution in [0.1, 0.15) is 51.4 Å². The minimum atomic E-state index is 0.366. The molecule has 3 saturated heterocycles. The Labute approximate surface area is 153 Å². The smallest absolute Gasteiger partial charge is 0.236 e. The zero-order valence-corrected chi connectivity index (χ0v) is 15.9. The third-order valence-electron chi connectivity index (χ3n) is 7.08. The summed E-state index contributed by atoms with van der Waals surface area (Å²) in [6.07, 6.45) is 10.8. The highest BCUT2D eigenvalue weighted by atomic mass is 16.2. The normalized spacial score (nSPS) is 28.9. The van der Waals surface area contributed by atoms with Gasteiger partial charge in [0.15, 0.2) is 0 Å². The number of likely N-dealkylation sites (tertiary alicyclic amines) is 2. The summed E-state index contributed by atoms with van der Waals surface area (Å²) in [5.41, 5.74) is 0. The lowest BCUT2D eigenvalue weighted by Crippen LogP contribution is -2.54. The van der Waals surface area contributed by atoms with Crippen molar-refractivity contribution in [1.82, 2.24) is 19.6 Å². The molecule has 0 aromatic rings. The van der Waals surface area contributed by atoms with E-state index in [1.54, 1.807) is 0 Å². The Kier molecular flexibility index (Phi) is 5.94. The summed E-state index contributed by atoms with van der Waals surface area (Å²) in [5.74, 6) is 0.366. The highest BCUT2D eigenvalue weighted by Crippen LogP contribution is 2.24. The van der Waals surface area contributed by atoms with Crippen LogP contribution in [0.5, 0.6) is 0 Å². The minimum absolute atomic E-state index is 0.366. The van der Waals surface area contributed by atoms with Gasteiger partial charge >= 0.3 is 0 Å². The first-order chi connectivity index (χ1) is 12.3. The predicted octanol–water partition coefficient (Wildman–Crippen LogP) is 1.63. The molecule has 142 valence electrons. The first kappa shape index (κ1) is 17.7. The van der Waals surface area contributed by atoms with Crippen molar-refractivity contribution in [3.63, 3.8) is 0 Å². The van der Waals surface area contributed by atoms with Crippen LogP contribution < -0.4 is 0 Å². The van der Waals surface area contributed by atoms with E-state index in [1.807, 2.05) is 0 Å². The van der Waals surface area contributed by atoms with Gasteiger partial charge in [0.05, 0.1) is 6.54 Å². The fraction of sp³-hybridized carbons (Fsp3) is 0.950. The van der Waals surface area contributed by atoms with Crippen molar-refractivity contribution in [2.75, 3.05) is 58.9 Å². The van der Waals surface area contributed by atoms with Crippen LogP contribution in [-0.4, -0.2) is 96.5 Å². The zero-order valence-electron chi connectivity index (χ0n) is 15.9. The monoisotopic (exact) mass is 348 g/mol. The number of piperazine rings is 1. The summed E-state index contributed by atoms with van der Waals surface area (Å²) < 4.78 is 0. The van der Waals surface area contributed by atoms with Crippen molar-refractivity contribution in [2.24, 2.45) is 0 Å². The maximum atomic E-state index is 12.7. The third-order valence-corrected chi connectivity index (χ3v) is 7.08. The van der Waals surface area contributed by atoms with E-state index in [1.165, 1.54) is 64.5 Å². The Balaban J connectivity index is 1.17. The molecule has 0 unspecified atom stereocenters. The number of carbonyl (C=O) groups is 1. The summed E-state index contributed by atoms with van der Waals surface area (Å²) in [5, 5.41) is 0. The van der Waals surface area contributed by atoms with Crippen LogP contribution in [0, 0.1) is 0 Å². The molecule has 1 amide bonds. The quantitative estimate of drug-likeness (QED) is 0.773.